The van der Waals surface area contributed by atoms with Crippen LogP contribution in [-0.4, -0.2) is 16.0 Å². The lowest BCUT2D eigenvalue weighted by molar-refractivity contribution is -0.385. The van der Waals surface area contributed by atoms with Crippen molar-refractivity contribution in [2.24, 2.45) is 0 Å². The Morgan fingerprint density at radius 1 is 0.488 bits per heavy atom. The smallest absolute Gasteiger partial charge is 0.433 e. The van der Waals surface area contributed by atoms with E-state index in [1.54, 1.807) is 0 Å². The molecule has 4 aromatic carbocycles. The Morgan fingerprint density at radius 3 is 1.07 bits per heavy atom. The van der Waals surface area contributed by atoms with E-state index in [-0.39, 0.29) is 34.4 Å². The number of ether oxygens (including phenoxy) is 2. The fourth-order valence-corrected chi connectivity index (χ4v) is 3.75. The topological polar surface area (TPSA) is 105 Å². The van der Waals surface area contributed by atoms with Crippen molar-refractivity contribution in [1.82, 2.24) is 0 Å². The van der Waals surface area contributed by atoms with Crippen LogP contribution in [0.2, 0.25) is 0 Å². The van der Waals surface area contributed by atoms with Gasteiger partial charge in [-0.15, -0.1) is 0 Å². The van der Waals surface area contributed by atoms with Crippen LogP contribution in [0.5, 0.6) is 23.0 Å². The summed E-state index contributed by atoms with van der Waals surface area (Å²) in [6.07, 6.45) is -6.05. The number of hydrogen-bond donors (Lipinski definition) is 0. The largest absolute Gasteiger partial charge is 0.457 e. The van der Waals surface area contributed by atoms with Crippen LogP contribution in [0.4, 0.5) is 37.7 Å². The molecule has 0 spiro atoms. The maximum Gasteiger partial charge on any atom is 0.433 e. The van der Waals surface area contributed by atoms with Crippen molar-refractivity contribution in [3.05, 3.63) is 128 Å². The summed E-state index contributed by atoms with van der Waals surface area (Å²) in [6.45, 7) is 0. The first-order chi connectivity index (χ1) is 19.2. The Morgan fingerprint density at radius 2 is 0.780 bits per heavy atom. The molecule has 0 fully saturated rings. The predicted octanol–water partition coefficient (Wildman–Crippen LogP) is 8.61. The molecule has 0 saturated heterocycles. The highest BCUT2D eigenvalue weighted by Crippen LogP contribution is 2.57. The minimum absolute atomic E-state index is 0.0621. The summed E-state index contributed by atoms with van der Waals surface area (Å²) >= 11 is 0. The van der Waals surface area contributed by atoms with E-state index in [0.29, 0.717) is 24.3 Å². The van der Waals surface area contributed by atoms with Crippen LogP contribution in [-0.2, 0) is 11.6 Å². The molecule has 0 bridgehead atoms. The molecule has 0 N–H and O–H groups in total. The molecule has 0 aromatic heterocycles. The molecule has 1 atom stereocenters. The van der Waals surface area contributed by atoms with E-state index in [0.717, 1.165) is 48.5 Å². The zero-order valence-corrected chi connectivity index (χ0v) is 20.3. The lowest BCUT2D eigenvalue weighted by Crippen LogP contribution is -2.51. The van der Waals surface area contributed by atoms with E-state index in [1.807, 2.05) is 0 Å². The van der Waals surface area contributed by atoms with Gasteiger partial charge in [0.05, 0.1) is 9.85 Å². The number of alkyl halides is 6. The van der Waals surface area contributed by atoms with Gasteiger partial charge in [0.1, 0.15) is 23.0 Å². The normalized spacial score (nSPS) is 13.2. The first kappa shape index (κ1) is 28.9. The third-order valence-electron chi connectivity index (χ3n) is 5.86. The SMILES string of the molecule is O=[N+]([O-])c1ccc(Oc2ccc(C(F)(F)C(F)(c3ccc(Oc4ccc([N+](=O)[O-])cc4)cc3)C(F)(F)F)cc2)cc1. The van der Waals surface area contributed by atoms with Crippen LogP contribution < -0.4 is 9.47 Å². The third kappa shape index (κ3) is 5.76. The zero-order chi connectivity index (χ0) is 30.0. The predicted molar refractivity (Wildman–Crippen MR) is 132 cm³/mol. The van der Waals surface area contributed by atoms with E-state index >= 15 is 13.2 Å². The van der Waals surface area contributed by atoms with E-state index in [9.17, 15) is 33.4 Å². The number of rotatable bonds is 9. The van der Waals surface area contributed by atoms with Gasteiger partial charge in [0.15, 0.2) is 0 Å². The molecule has 0 amide bonds. The summed E-state index contributed by atoms with van der Waals surface area (Å²) in [5.41, 5.74) is -8.30. The number of benzene rings is 4. The minimum Gasteiger partial charge on any atom is -0.457 e. The van der Waals surface area contributed by atoms with Gasteiger partial charge in [-0.2, -0.15) is 22.0 Å². The molecule has 14 heteroatoms. The molecule has 212 valence electrons. The minimum atomic E-state index is -6.05. The number of nitro benzene ring substituents is 2. The van der Waals surface area contributed by atoms with Crippen LogP contribution in [0.15, 0.2) is 97.1 Å². The Labute approximate surface area is 226 Å². The quantitative estimate of drug-likeness (QED) is 0.112. The van der Waals surface area contributed by atoms with Crippen molar-refractivity contribution in [1.29, 1.82) is 0 Å². The van der Waals surface area contributed by atoms with Crippen LogP contribution in [0.1, 0.15) is 11.1 Å². The lowest BCUT2D eigenvalue weighted by Gasteiger charge is -2.35. The van der Waals surface area contributed by atoms with E-state index in [2.05, 4.69) is 0 Å². The second-order valence-corrected chi connectivity index (χ2v) is 8.49. The van der Waals surface area contributed by atoms with Crippen molar-refractivity contribution < 1.29 is 45.7 Å². The summed E-state index contributed by atoms with van der Waals surface area (Å²) in [7, 11) is 0. The fraction of sp³-hybridized carbons (Fsp3) is 0.111. The van der Waals surface area contributed by atoms with Crippen molar-refractivity contribution in [2.75, 3.05) is 0 Å². The maximum absolute atomic E-state index is 15.7. The molecule has 0 aliphatic carbocycles. The molecule has 1 unspecified atom stereocenters. The van der Waals surface area contributed by atoms with Gasteiger partial charge in [0, 0.05) is 35.4 Å². The van der Waals surface area contributed by atoms with Crippen molar-refractivity contribution in [2.45, 2.75) is 17.8 Å². The van der Waals surface area contributed by atoms with Crippen LogP contribution in [0.3, 0.4) is 0 Å². The highest BCUT2D eigenvalue weighted by molar-refractivity contribution is 5.43. The van der Waals surface area contributed by atoms with E-state index in [1.165, 1.54) is 24.3 Å². The average Bonchev–Trinajstić information content (AvgIpc) is 2.93. The number of nitrogens with zero attached hydrogens (tertiary/aromatic N) is 2. The second kappa shape index (κ2) is 10.8. The van der Waals surface area contributed by atoms with Gasteiger partial charge >= 0.3 is 12.1 Å². The first-order valence-corrected chi connectivity index (χ1v) is 11.4. The van der Waals surface area contributed by atoms with Gasteiger partial charge in [-0.1, -0.05) is 12.1 Å². The maximum atomic E-state index is 15.7. The number of halogens is 6. The van der Waals surface area contributed by atoms with Crippen LogP contribution in [0, 0.1) is 20.2 Å². The van der Waals surface area contributed by atoms with E-state index < -0.39 is 38.7 Å². The molecule has 0 radical (unpaired) electrons. The van der Waals surface area contributed by atoms with Gasteiger partial charge in [0.2, 0.25) is 0 Å². The first-order valence-electron chi connectivity index (χ1n) is 11.4. The Bertz CT molecular complexity index is 1540. The Kier molecular flexibility index (Phi) is 7.59. The standard InChI is InChI=1S/C27H16F6N2O6/c28-25(27(31,32)33,17-1-9-21(10-2-17)40-23-13-5-19(6-14-23)34(36)37)26(29,30)18-3-11-22(12-4-18)41-24-15-7-20(8-16-24)35(38)39/h1-16H. The average molecular weight is 578 g/mol. The van der Waals surface area contributed by atoms with Crippen molar-refractivity contribution in [3.8, 4) is 23.0 Å². The highest BCUT2D eigenvalue weighted by atomic mass is 19.4. The summed E-state index contributed by atoms with van der Waals surface area (Å²) in [6, 6.07) is 15.1. The molecule has 0 heterocycles. The summed E-state index contributed by atoms with van der Waals surface area (Å²) in [5, 5.41) is 21.5. The monoisotopic (exact) mass is 578 g/mol. The summed E-state index contributed by atoms with van der Waals surface area (Å²) in [5.74, 6) is -5.18. The lowest BCUT2D eigenvalue weighted by atomic mass is 9.84. The summed E-state index contributed by atoms with van der Waals surface area (Å²) < 4.78 is 98.9. The number of nitro groups is 2. The van der Waals surface area contributed by atoms with Gasteiger partial charge in [-0.05, 0) is 60.7 Å². The van der Waals surface area contributed by atoms with Crippen molar-refractivity contribution >= 4 is 11.4 Å². The molecule has 0 aliphatic heterocycles. The van der Waals surface area contributed by atoms with E-state index in [4.69, 9.17) is 9.47 Å². The molecule has 8 nitrogen and oxygen atoms in total. The molecule has 4 rings (SSSR count). The Hall–Kier alpha value is -5.14. The molecular weight excluding hydrogens is 562 g/mol. The van der Waals surface area contributed by atoms with Gasteiger partial charge < -0.3 is 9.47 Å². The number of hydrogen-bond acceptors (Lipinski definition) is 6. The highest BCUT2D eigenvalue weighted by Gasteiger charge is 2.72. The molecule has 4 aromatic rings. The zero-order valence-electron chi connectivity index (χ0n) is 20.3. The summed E-state index contributed by atoms with van der Waals surface area (Å²) in [4.78, 5) is 20.2. The Balaban J connectivity index is 1.57. The van der Waals surface area contributed by atoms with Gasteiger partial charge in [-0.3, -0.25) is 20.2 Å². The van der Waals surface area contributed by atoms with Gasteiger partial charge in [0.25, 0.3) is 17.0 Å². The van der Waals surface area contributed by atoms with Crippen LogP contribution in [0.25, 0.3) is 0 Å². The fourth-order valence-electron chi connectivity index (χ4n) is 3.75. The molecular formula is C27H16F6N2O6. The second-order valence-electron chi connectivity index (χ2n) is 8.49. The number of non-ortho nitro benzene ring substituents is 2. The van der Waals surface area contributed by atoms with Gasteiger partial charge in [-0.25, -0.2) is 4.39 Å². The van der Waals surface area contributed by atoms with Crippen LogP contribution >= 0.6 is 0 Å². The molecule has 41 heavy (non-hydrogen) atoms. The third-order valence-corrected chi connectivity index (χ3v) is 5.86. The molecule has 0 saturated carbocycles. The molecule has 0 aliphatic rings. The van der Waals surface area contributed by atoms with Crippen molar-refractivity contribution in [3.63, 3.8) is 0 Å².